The molecule has 1 saturated heterocycles. The Bertz CT molecular complexity index is 434. The van der Waals surface area contributed by atoms with Gasteiger partial charge in [-0.1, -0.05) is 49.6 Å². The van der Waals surface area contributed by atoms with E-state index in [1.54, 1.807) is 0 Å². The zero-order valence-electron chi connectivity index (χ0n) is 11.6. The molecule has 2 nitrogen and oxygen atoms in total. The molecule has 0 spiro atoms. The van der Waals surface area contributed by atoms with Gasteiger partial charge in [0, 0.05) is 13.0 Å². The molecule has 3 rings (SSSR count). The molecular formula is C17H23NO. The molecule has 0 atom stereocenters. The maximum atomic E-state index is 12.4. The summed E-state index contributed by atoms with van der Waals surface area (Å²) >= 11 is 0. The van der Waals surface area contributed by atoms with Gasteiger partial charge in [0.25, 0.3) is 0 Å². The van der Waals surface area contributed by atoms with E-state index in [0.717, 1.165) is 32.2 Å². The van der Waals surface area contributed by atoms with Crippen LogP contribution in [0.15, 0.2) is 30.3 Å². The molecule has 2 aliphatic rings. The van der Waals surface area contributed by atoms with Crippen LogP contribution in [0, 0.1) is 0 Å². The summed E-state index contributed by atoms with van der Waals surface area (Å²) in [5.74, 6) is 0.372. The van der Waals surface area contributed by atoms with Gasteiger partial charge < -0.3 is 4.90 Å². The van der Waals surface area contributed by atoms with E-state index in [4.69, 9.17) is 0 Å². The number of carbonyl (C=O) groups is 1. The highest BCUT2D eigenvalue weighted by atomic mass is 16.2. The minimum absolute atomic E-state index is 0.00296. The summed E-state index contributed by atoms with van der Waals surface area (Å²) in [5, 5.41) is 0. The van der Waals surface area contributed by atoms with E-state index in [-0.39, 0.29) is 5.54 Å². The molecule has 1 aromatic rings. The molecule has 0 N–H and O–H groups in total. The number of nitrogens with zero attached hydrogens (tertiary/aromatic N) is 1. The normalized spacial score (nSPS) is 23.4. The monoisotopic (exact) mass is 257 g/mol. The summed E-state index contributed by atoms with van der Waals surface area (Å²) < 4.78 is 0. The van der Waals surface area contributed by atoms with Gasteiger partial charge in [-0.15, -0.1) is 0 Å². The predicted octanol–water partition coefficient (Wildman–Crippen LogP) is 3.86. The van der Waals surface area contributed by atoms with E-state index in [0.29, 0.717) is 5.91 Å². The van der Waals surface area contributed by atoms with Crippen LogP contribution in [-0.4, -0.2) is 17.4 Å². The fraction of sp³-hybridized carbons (Fsp3) is 0.588. The van der Waals surface area contributed by atoms with E-state index in [1.807, 2.05) is 0 Å². The summed E-state index contributed by atoms with van der Waals surface area (Å²) in [4.78, 5) is 14.6. The molecule has 1 amide bonds. The molecule has 0 bridgehead atoms. The second-order valence-electron chi connectivity index (χ2n) is 5.96. The van der Waals surface area contributed by atoms with E-state index in [9.17, 15) is 4.79 Å². The van der Waals surface area contributed by atoms with Crippen LogP contribution in [0.2, 0.25) is 0 Å². The summed E-state index contributed by atoms with van der Waals surface area (Å²) in [6.07, 6.45) is 9.08. The second kappa shape index (κ2) is 5.36. The SMILES string of the molecule is O=C1CCCCN1C1(c2ccccc2)CCCCC1. The topological polar surface area (TPSA) is 20.3 Å². The molecule has 2 heteroatoms. The highest BCUT2D eigenvalue weighted by Crippen LogP contribution is 2.43. The smallest absolute Gasteiger partial charge is 0.223 e. The molecule has 0 radical (unpaired) electrons. The lowest BCUT2D eigenvalue weighted by molar-refractivity contribution is -0.142. The van der Waals surface area contributed by atoms with Gasteiger partial charge in [0.15, 0.2) is 0 Å². The Balaban J connectivity index is 1.98. The van der Waals surface area contributed by atoms with Crippen molar-refractivity contribution in [1.29, 1.82) is 0 Å². The van der Waals surface area contributed by atoms with E-state index >= 15 is 0 Å². The van der Waals surface area contributed by atoms with Gasteiger partial charge in [0.1, 0.15) is 0 Å². The molecule has 102 valence electrons. The minimum atomic E-state index is -0.00296. The number of piperidine rings is 1. The summed E-state index contributed by atoms with van der Waals surface area (Å²) in [5.41, 5.74) is 1.35. The van der Waals surface area contributed by atoms with Crippen molar-refractivity contribution >= 4 is 5.91 Å². The van der Waals surface area contributed by atoms with Gasteiger partial charge in [0.2, 0.25) is 5.91 Å². The van der Waals surface area contributed by atoms with Crippen LogP contribution in [0.25, 0.3) is 0 Å². The predicted molar refractivity (Wildman–Crippen MR) is 76.8 cm³/mol. The van der Waals surface area contributed by atoms with Gasteiger partial charge in [-0.25, -0.2) is 0 Å². The fourth-order valence-electron chi connectivity index (χ4n) is 3.86. The largest absolute Gasteiger partial charge is 0.333 e. The molecule has 1 aromatic carbocycles. The molecule has 1 heterocycles. The van der Waals surface area contributed by atoms with E-state index in [1.165, 1.54) is 31.2 Å². The molecule has 2 fully saturated rings. The third-order valence-corrected chi connectivity index (χ3v) is 4.83. The summed E-state index contributed by atoms with van der Waals surface area (Å²) in [7, 11) is 0. The summed E-state index contributed by atoms with van der Waals surface area (Å²) in [6, 6.07) is 10.7. The number of amides is 1. The van der Waals surface area contributed by atoms with Gasteiger partial charge in [-0.3, -0.25) is 4.79 Å². The molecule has 0 aromatic heterocycles. The Kier molecular flexibility index (Phi) is 3.58. The van der Waals surface area contributed by atoms with Crippen molar-refractivity contribution in [1.82, 2.24) is 4.90 Å². The van der Waals surface area contributed by atoms with Gasteiger partial charge in [-0.2, -0.15) is 0 Å². The lowest BCUT2D eigenvalue weighted by Gasteiger charge is -2.48. The van der Waals surface area contributed by atoms with Crippen molar-refractivity contribution < 1.29 is 4.79 Å². The maximum Gasteiger partial charge on any atom is 0.223 e. The van der Waals surface area contributed by atoms with E-state index < -0.39 is 0 Å². The van der Waals surface area contributed by atoms with Crippen molar-refractivity contribution in [3.63, 3.8) is 0 Å². The standard InChI is InChI=1S/C17H23NO/c19-16-11-5-8-14-18(16)17(12-6-2-7-13-17)15-9-3-1-4-10-15/h1,3-4,9-10H,2,5-8,11-14H2. The lowest BCUT2D eigenvalue weighted by Crippen LogP contribution is -2.52. The Labute approximate surface area is 115 Å². The highest BCUT2D eigenvalue weighted by Gasteiger charge is 2.42. The van der Waals surface area contributed by atoms with Gasteiger partial charge in [-0.05, 0) is 31.2 Å². The van der Waals surface area contributed by atoms with Gasteiger partial charge >= 0.3 is 0 Å². The first-order valence-electron chi connectivity index (χ1n) is 7.69. The molecule has 1 aliphatic carbocycles. The third kappa shape index (κ3) is 2.29. The number of carbonyl (C=O) groups excluding carboxylic acids is 1. The Morgan fingerprint density at radius 3 is 2.32 bits per heavy atom. The zero-order valence-corrected chi connectivity index (χ0v) is 11.6. The van der Waals surface area contributed by atoms with Crippen molar-refractivity contribution in [3.8, 4) is 0 Å². The van der Waals surface area contributed by atoms with Crippen LogP contribution in [0.4, 0.5) is 0 Å². The van der Waals surface area contributed by atoms with Crippen molar-refractivity contribution in [2.75, 3.05) is 6.54 Å². The average Bonchev–Trinajstić information content (AvgIpc) is 2.49. The summed E-state index contributed by atoms with van der Waals surface area (Å²) in [6.45, 7) is 0.952. The Morgan fingerprint density at radius 2 is 1.63 bits per heavy atom. The quantitative estimate of drug-likeness (QED) is 0.788. The second-order valence-corrected chi connectivity index (χ2v) is 5.96. The highest BCUT2D eigenvalue weighted by molar-refractivity contribution is 5.78. The van der Waals surface area contributed by atoms with Crippen molar-refractivity contribution in [2.24, 2.45) is 0 Å². The third-order valence-electron chi connectivity index (χ3n) is 4.83. The minimum Gasteiger partial charge on any atom is -0.333 e. The van der Waals surface area contributed by atoms with Gasteiger partial charge in [0.05, 0.1) is 5.54 Å². The molecule has 0 unspecified atom stereocenters. The van der Waals surface area contributed by atoms with Crippen molar-refractivity contribution in [3.05, 3.63) is 35.9 Å². The number of rotatable bonds is 2. The lowest BCUT2D eigenvalue weighted by atomic mass is 9.74. The van der Waals surface area contributed by atoms with Crippen LogP contribution < -0.4 is 0 Å². The fourth-order valence-corrected chi connectivity index (χ4v) is 3.86. The molecule has 1 saturated carbocycles. The van der Waals surface area contributed by atoms with E-state index in [2.05, 4.69) is 35.2 Å². The first kappa shape index (κ1) is 12.7. The first-order chi connectivity index (χ1) is 9.33. The van der Waals surface area contributed by atoms with Crippen LogP contribution in [0.3, 0.4) is 0 Å². The maximum absolute atomic E-state index is 12.4. The van der Waals surface area contributed by atoms with Crippen LogP contribution in [0.5, 0.6) is 0 Å². The Morgan fingerprint density at radius 1 is 0.895 bits per heavy atom. The number of likely N-dealkylation sites (tertiary alicyclic amines) is 1. The molecule has 19 heavy (non-hydrogen) atoms. The zero-order chi connectivity index (χ0) is 13.1. The van der Waals surface area contributed by atoms with Crippen molar-refractivity contribution in [2.45, 2.75) is 56.9 Å². The number of hydrogen-bond acceptors (Lipinski definition) is 1. The van der Waals surface area contributed by atoms with Crippen LogP contribution >= 0.6 is 0 Å². The average molecular weight is 257 g/mol. The number of hydrogen-bond donors (Lipinski definition) is 0. The molecule has 1 aliphatic heterocycles. The first-order valence-corrected chi connectivity index (χ1v) is 7.69. The van der Waals surface area contributed by atoms with Crippen LogP contribution in [-0.2, 0) is 10.3 Å². The van der Waals surface area contributed by atoms with Crippen LogP contribution in [0.1, 0.15) is 56.9 Å². The number of benzene rings is 1. The molecular weight excluding hydrogens is 234 g/mol. The Hall–Kier alpha value is -1.31.